The van der Waals surface area contributed by atoms with Gasteiger partial charge in [0.05, 0.1) is 4.90 Å². The molecule has 1 aliphatic rings. The van der Waals surface area contributed by atoms with Crippen molar-refractivity contribution >= 4 is 15.7 Å². The lowest BCUT2D eigenvalue weighted by Crippen LogP contribution is -2.19. The summed E-state index contributed by atoms with van der Waals surface area (Å²) in [4.78, 5) is 2.30. The highest BCUT2D eigenvalue weighted by Crippen LogP contribution is 2.25. The van der Waals surface area contributed by atoms with Crippen molar-refractivity contribution in [3.8, 4) is 0 Å². The predicted molar refractivity (Wildman–Crippen MR) is 95.5 cm³/mol. The van der Waals surface area contributed by atoms with E-state index in [1.54, 1.807) is 6.07 Å². The summed E-state index contributed by atoms with van der Waals surface area (Å²) in [5, 5.41) is 0. The van der Waals surface area contributed by atoms with Crippen molar-refractivity contribution in [3.63, 3.8) is 0 Å². The number of hydrogen-bond donors (Lipinski definition) is 1. The maximum Gasteiger partial charge on any atom is 0.294 e. The molecule has 0 amide bonds. The van der Waals surface area contributed by atoms with Gasteiger partial charge in [0.15, 0.2) is 0 Å². The van der Waals surface area contributed by atoms with Crippen LogP contribution in [0.5, 0.6) is 0 Å². The van der Waals surface area contributed by atoms with Crippen LogP contribution < -0.4 is 0 Å². The van der Waals surface area contributed by atoms with Crippen LogP contribution in [0.4, 0.5) is 0 Å². The molecule has 126 valence electrons. The van der Waals surface area contributed by atoms with Gasteiger partial charge in [-0.1, -0.05) is 48.5 Å². The van der Waals surface area contributed by atoms with Gasteiger partial charge in [0.25, 0.3) is 10.1 Å². The lowest BCUT2D eigenvalue weighted by molar-refractivity contribution is 0.377. The van der Waals surface area contributed by atoms with Gasteiger partial charge in [-0.3, -0.25) is 9.45 Å². The van der Waals surface area contributed by atoms with E-state index in [0.29, 0.717) is 0 Å². The number of rotatable bonds is 5. The van der Waals surface area contributed by atoms with Crippen LogP contribution in [0.2, 0.25) is 0 Å². The number of nitrogens with zero attached hydrogens (tertiary/aromatic N) is 1. The van der Waals surface area contributed by atoms with Crippen molar-refractivity contribution in [2.75, 3.05) is 19.6 Å². The van der Waals surface area contributed by atoms with Gasteiger partial charge in [-0.25, -0.2) is 0 Å². The molecule has 1 N–H and O–H groups in total. The van der Waals surface area contributed by atoms with Crippen molar-refractivity contribution in [1.82, 2.24) is 4.90 Å². The summed E-state index contributed by atoms with van der Waals surface area (Å²) in [7, 11) is -4.21. The lowest BCUT2D eigenvalue weighted by Gasteiger charge is -2.15. The zero-order valence-electron chi connectivity index (χ0n) is 13.4. The van der Waals surface area contributed by atoms with Gasteiger partial charge < -0.3 is 0 Å². The summed E-state index contributed by atoms with van der Waals surface area (Å²) in [6.07, 6.45) is 4.60. The summed E-state index contributed by atoms with van der Waals surface area (Å²) in [5.41, 5.74) is 2.80. The van der Waals surface area contributed by atoms with Gasteiger partial charge >= 0.3 is 0 Å². The highest BCUT2D eigenvalue weighted by Gasteiger charge is 2.14. The molecule has 2 aromatic carbocycles. The molecule has 0 unspecified atom stereocenters. The first kappa shape index (κ1) is 16.9. The van der Waals surface area contributed by atoms with Crippen LogP contribution in [-0.2, 0) is 10.1 Å². The van der Waals surface area contributed by atoms with E-state index in [4.69, 9.17) is 0 Å². The smallest absolute Gasteiger partial charge is 0.294 e. The fourth-order valence-electron chi connectivity index (χ4n) is 3.03. The molecule has 3 rings (SSSR count). The molecule has 1 saturated heterocycles. The summed E-state index contributed by atoms with van der Waals surface area (Å²) < 4.78 is 32.2. The third kappa shape index (κ3) is 4.12. The second kappa shape index (κ2) is 7.30. The zero-order chi connectivity index (χ0) is 17.0. The first-order valence-corrected chi connectivity index (χ1v) is 9.54. The van der Waals surface area contributed by atoms with E-state index in [2.05, 4.69) is 11.0 Å². The van der Waals surface area contributed by atoms with Gasteiger partial charge in [-0.2, -0.15) is 8.42 Å². The quantitative estimate of drug-likeness (QED) is 0.845. The Hall–Kier alpha value is -1.95. The molecule has 1 heterocycles. The number of hydrogen-bond acceptors (Lipinski definition) is 3. The van der Waals surface area contributed by atoms with Crippen LogP contribution in [-0.4, -0.2) is 37.5 Å². The van der Waals surface area contributed by atoms with E-state index < -0.39 is 10.1 Å². The van der Waals surface area contributed by atoms with Crippen LogP contribution in [0.15, 0.2) is 65.6 Å². The molecule has 2 aromatic rings. The molecule has 5 heteroatoms. The summed E-state index contributed by atoms with van der Waals surface area (Å²) >= 11 is 0. The molecule has 1 aliphatic heterocycles. The molecule has 24 heavy (non-hydrogen) atoms. The van der Waals surface area contributed by atoms with Gasteiger partial charge in [-0.15, -0.1) is 0 Å². The Labute approximate surface area is 143 Å². The predicted octanol–water partition coefficient (Wildman–Crippen LogP) is 3.46. The Balaban J connectivity index is 2.00. The molecule has 0 radical (unpaired) electrons. The molecule has 0 aliphatic carbocycles. The minimum atomic E-state index is -4.21. The third-order valence-corrected chi connectivity index (χ3v) is 5.13. The lowest BCUT2D eigenvalue weighted by atomic mass is 9.97. The molecular formula is C19H21NO3S. The van der Waals surface area contributed by atoms with Crippen molar-refractivity contribution < 1.29 is 13.0 Å². The van der Waals surface area contributed by atoms with Crippen LogP contribution in [0, 0.1) is 0 Å². The monoisotopic (exact) mass is 343 g/mol. The maximum absolute atomic E-state index is 11.4. The van der Waals surface area contributed by atoms with Crippen molar-refractivity contribution in [1.29, 1.82) is 0 Å². The van der Waals surface area contributed by atoms with Crippen LogP contribution in [0.1, 0.15) is 24.0 Å². The molecule has 0 bridgehead atoms. The van der Waals surface area contributed by atoms with E-state index in [1.165, 1.54) is 25.0 Å². The minimum Gasteiger partial charge on any atom is -0.300 e. The van der Waals surface area contributed by atoms with E-state index in [1.807, 2.05) is 36.4 Å². The Morgan fingerprint density at radius 2 is 1.67 bits per heavy atom. The molecule has 4 nitrogen and oxygen atoms in total. The van der Waals surface area contributed by atoms with Crippen LogP contribution in [0.25, 0.3) is 5.57 Å². The SMILES string of the molecule is O=S(=O)(O)c1cccc(/C(=C\CN2CCCC2)c2ccccc2)c1. The molecule has 0 spiro atoms. The Kier molecular flexibility index (Phi) is 5.14. The number of benzene rings is 2. The van der Waals surface area contributed by atoms with Crippen molar-refractivity contribution in [2.24, 2.45) is 0 Å². The average Bonchev–Trinajstić information content (AvgIpc) is 3.09. The molecule has 0 atom stereocenters. The molecule has 1 fully saturated rings. The summed E-state index contributed by atoms with van der Waals surface area (Å²) in [6.45, 7) is 3.04. The summed E-state index contributed by atoms with van der Waals surface area (Å²) in [5.74, 6) is 0. The average molecular weight is 343 g/mol. The van der Waals surface area contributed by atoms with E-state index in [0.717, 1.165) is 36.3 Å². The van der Waals surface area contributed by atoms with Gasteiger partial charge in [0, 0.05) is 6.54 Å². The Morgan fingerprint density at radius 3 is 2.33 bits per heavy atom. The first-order valence-electron chi connectivity index (χ1n) is 8.10. The Morgan fingerprint density at radius 1 is 1.00 bits per heavy atom. The van der Waals surface area contributed by atoms with Crippen LogP contribution >= 0.6 is 0 Å². The normalized spacial score (nSPS) is 16.5. The maximum atomic E-state index is 11.4. The molecule has 0 aromatic heterocycles. The third-order valence-electron chi connectivity index (χ3n) is 4.28. The highest BCUT2D eigenvalue weighted by atomic mass is 32.2. The fourth-order valence-corrected chi connectivity index (χ4v) is 3.56. The van der Waals surface area contributed by atoms with E-state index in [-0.39, 0.29) is 4.90 Å². The largest absolute Gasteiger partial charge is 0.300 e. The van der Waals surface area contributed by atoms with Gasteiger partial charge in [0.1, 0.15) is 0 Å². The first-order chi connectivity index (χ1) is 11.5. The Bertz CT molecular complexity index is 823. The number of likely N-dealkylation sites (tertiary alicyclic amines) is 1. The minimum absolute atomic E-state index is 0.0806. The zero-order valence-corrected chi connectivity index (χ0v) is 14.2. The molecular weight excluding hydrogens is 322 g/mol. The second-order valence-electron chi connectivity index (χ2n) is 5.99. The summed E-state index contributed by atoms with van der Waals surface area (Å²) in [6, 6.07) is 16.4. The molecule has 0 saturated carbocycles. The van der Waals surface area contributed by atoms with Gasteiger partial charge in [-0.05, 0) is 54.8 Å². The van der Waals surface area contributed by atoms with Crippen molar-refractivity contribution in [3.05, 3.63) is 71.8 Å². The standard InChI is InChI=1S/C19H21NO3S/c21-24(22,23)18-10-6-9-17(15-18)19(16-7-2-1-3-8-16)11-14-20-12-4-5-13-20/h1-3,6-11,15H,4-5,12-14H2,(H,21,22,23)/b19-11-. The highest BCUT2D eigenvalue weighted by molar-refractivity contribution is 7.85. The van der Waals surface area contributed by atoms with Gasteiger partial charge in [0.2, 0.25) is 0 Å². The topological polar surface area (TPSA) is 57.6 Å². The van der Waals surface area contributed by atoms with Crippen molar-refractivity contribution in [2.45, 2.75) is 17.7 Å². The van der Waals surface area contributed by atoms with E-state index >= 15 is 0 Å². The second-order valence-corrected chi connectivity index (χ2v) is 7.42. The van der Waals surface area contributed by atoms with E-state index in [9.17, 15) is 13.0 Å². The van der Waals surface area contributed by atoms with Crippen LogP contribution in [0.3, 0.4) is 0 Å². The fraction of sp³-hybridized carbons (Fsp3) is 0.263.